The van der Waals surface area contributed by atoms with E-state index in [0.717, 1.165) is 5.56 Å². The Bertz CT molecular complexity index is 1040. The van der Waals surface area contributed by atoms with Gasteiger partial charge < -0.3 is 10.6 Å². The summed E-state index contributed by atoms with van der Waals surface area (Å²) in [5.41, 5.74) is 2.25. The molecule has 0 saturated carbocycles. The van der Waals surface area contributed by atoms with Crippen molar-refractivity contribution >= 4 is 29.1 Å². The Morgan fingerprint density at radius 1 is 1.03 bits per heavy atom. The molecule has 1 aromatic heterocycles. The van der Waals surface area contributed by atoms with Crippen LogP contribution in [0.5, 0.6) is 0 Å². The lowest BCUT2D eigenvalue weighted by molar-refractivity contribution is -0.116. The van der Waals surface area contributed by atoms with Crippen molar-refractivity contribution in [1.82, 2.24) is 15.5 Å². The first-order valence-electron chi connectivity index (χ1n) is 9.01. The summed E-state index contributed by atoms with van der Waals surface area (Å²) in [6.45, 7) is 0.385. The number of carbonyl (C=O) groups excluding carboxylic acids is 2. The Hall–Kier alpha value is -3.45. The van der Waals surface area contributed by atoms with E-state index in [2.05, 4.69) is 20.8 Å². The number of amides is 2. The van der Waals surface area contributed by atoms with E-state index in [1.165, 1.54) is 6.07 Å². The molecule has 7 nitrogen and oxygen atoms in total. The van der Waals surface area contributed by atoms with E-state index in [4.69, 9.17) is 11.6 Å². The second-order valence-corrected chi connectivity index (χ2v) is 6.74. The van der Waals surface area contributed by atoms with E-state index in [1.807, 2.05) is 6.07 Å². The number of hydrogen-bond donors (Lipinski definition) is 3. The Kier molecular flexibility index (Phi) is 6.76. The number of nitrogens with zero attached hydrogens (tertiary/aromatic N) is 1. The number of benzene rings is 2. The van der Waals surface area contributed by atoms with Crippen LogP contribution in [-0.2, 0) is 4.79 Å². The van der Waals surface area contributed by atoms with Crippen LogP contribution in [0.2, 0.25) is 5.02 Å². The highest BCUT2D eigenvalue weighted by Gasteiger charge is 2.07. The predicted octanol–water partition coefficient (Wildman–Crippen LogP) is 3.24. The van der Waals surface area contributed by atoms with Crippen LogP contribution in [0.25, 0.3) is 11.3 Å². The topological polar surface area (TPSA) is 104 Å². The molecule has 8 heteroatoms. The molecular weight excluding hydrogens is 392 g/mol. The van der Waals surface area contributed by atoms with Crippen LogP contribution >= 0.6 is 11.6 Å². The molecule has 148 valence electrons. The average molecular weight is 411 g/mol. The number of halogens is 1. The number of hydrogen-bond acceptors (Lipinski definition) is 4. The van der Waals surface area contributed by atoms with Crippen molar-refractivity contribution < 1.29 is 9.59 Å². The van der Waals surface area contributed by atoms with E-state index in [0.29, 0.717) is 34.9 Å². The minimum Gasteiger partial charge on any atom is -0.352 e. The average Bonchev–Trinajstić information content (AvgIpc) is 2.72. The summed E-state index contributed by atoms with van der Waals surface area (Å²) in [5.74, 6) is -0.361. The van der Waals surface area contributed by atoms with Gasteiger partial charge in [-0.15, -0.1) is 0 Å². The van der Waals surface area contributed by atoms with Gasteiger partial charge in [0.15, 0.2) is 0 Å². The molecule has 2 amide bonds. The predicted molar refractivity (Wildman–Crippen MR) is 112 cm³/mol. The lowest BCUT2D eigenvalue weighted by Crippen LogP contribution is -2.25. The van der Waals surface area contributed by atoms with Crippen molar-refractivity contribution in [1.29, 1.82) is 0 Å². The molecule has 0 aliphatic heterocycles. The van der Waals surface area contributed by atoms with Crippen molar-refractivity contribution in [3.05, 3.63) is 81.6 Å². The molecule has 3 aromatic rings. The maximum atomic E-state index is 12.2. The Labute approximate surface area is 172 Å². The van der Waals surface area contributed by atoms with Gasteiger partial charge in [0.05, 0.1) is 5.69 Å². The summed E-state index contributed by atoms with van der Waals surface area (Å²) < 4.78 is 0. The highest BCUT2D eigenvalue weighted by molar-refractivity contribution is 6.30. The fourth-order valence-corrected chi connectivity index (χ4v) is 2.77. The number of H-pyrrole nitrogens is 1. The third kappa shape index (κ3) is 6.02. The van der Waals surface area contributed by atoms with Crippen molar-refractivity contribution in [2.24, 2.45) is 0 Å². The third-order valence-electron chi connectivity index (χ3n) is 4.09. The van der Waals surface area contributed by atoms with Crippen LogP contribution in [0.4, 0.5) is 5.69 Å². The maximum absolute atomic E-state index is 12.2. The highest BCUT2D eigenvalue weighted by Crippen LogP contribution is 2.19. The number of nitrogens with one attached hydrogen (secondary N) is 3. The first-order valence-corrected chi connectivity index (χ1v) is 9.39. The molecule has 0 atom stereocenters. The van der Waals surface area contributed by atoms with Crippen molar-refractivity contribution in [3.8, 4) is 11.3 Å². The van der Waals surface area contributed by atoms with Gasteiger partial charge in [0, 0.05) is 40.9 Å². The number of aromatic amines is 1. The molecule has 0 aliphatic carbocycles. The zero-order valence-electron chi connectivity index (χ0n) is 15.4. The molecule has 1 heterocycles. The van der Waals surface area contributed by atoms with Gasteiger partial charge in [-0.05, 0) is 48.9 Å². The van der Waals surface area contributed by atoms with Gasteiger partial charge in [-0.25, -0.2) is 5.10 Å². The molecule has 29 heavy (non-hydrogen) atoms. The summed E-state index contributed by atoms with van der Waals surface area (Å²) >= 11 is 5.80. The second-order valence-electron chi connectivity index (χ2n) is 6.30. The van der Waals surface area contributed by atoms with Gasteiger partial charge in [0.2, 0.25) is 5.91 Å². The number of rotatable bonds is 7. The largest absolute Gasteiger partial charge is 0.352 e. The van der Waals surface area contributed by atoms with Gasteiger partial charge in [0.25, 0.3) is 11.5 Å². The van der Waals surface area contributed by atoms with Crippen LogP contribution < -0.4 is 16.2 Å². The summed E-state index contributed by atoms with van der Waals surface area (Å²) in [5, 5.41) is 12.5. The molecule has 2 aromatic carbocycles. The zero-order chi connectivity index (χ0) is 20.6. The summed E-state index contributed by atoms with van der Waals surface area (Å²) in [6, 6.07) is 16.8. The minimum atomic E-state index is -0.277. The fraction of sp³-hybridized carbons (Fsp3) is 0.143. The zero-order valence-corrected chi connectivity index (χ0v) is 16.2. The minimum absolute atomic E-state index is 0.155. The molecule has 0 radical (unpaired) electrons. The molecule has 0 spiro atoms. The van der Waals surface area contributed by atoms with Gasteiger partial charge in [-0.2, -0.15) is 5.10 Å². The van der Waals surface area contributed by atoms with Gasteiger partial charge in [-0.1, -0.05) is 23.7 Å². The van der Waals surface area contributed by atoms with Crippen molar-refractivity contribution in [3.63, 3.8) is 0 Å². The van der Waals surface area contributed by atoms with E-state index >= 15 is 0 Å². The lowest BCUT2D eigenvalue weighted by atomic mass is 10.1. The number of carbonyl (C=O) groups is 2. The van der Waals surface area contributed by atoms with Gasteiger partial charge >= 0.3 is 0 Å². The maximum Gasteiger partial charge on any atom is 0.264 e. The summed E-state index contributed by atoms with van der Waals surface area (Å²) in [6.07, 6.45) is 0.772. The first-order chi connectivity index (χ1) is 14.0. The smallest absolute Gasteiger partial charge is 0.264 e. The second kappa shape index (κ2) is 9.66. The van der Waals surface area contributed by atoms with E-state index < -0.39 is 0 Å². The number of anilines is 1. The van der Waals surface area contributed by atoms with Crippen LogP contribution in [0.3, 0.4) is 0 Å². The highest BCUT2D eigenvalue weighted by atomic mass is 35.5. The Balaban J connectivity index is 1.46. The SMILES string of the molecule is O=C(CCCNC(=O)c1ccc(Cl)cc1)Nc1cccc(-c2ccc(=O)[nH]n2)c1. The molecule has 3 N–H and O–H groups in total. The Morgan fingerprint density at radius 3 is 2.55 bits per heavy atom. The van der Waals surface area contributed by atoms with Crippen LogP contribution in [0, 0.1) is 0 Å². The van der Waals surface area contributed by atoms with Gasteiger partial charge in [0.1, 0.15) is 0 Å². The van der Waals surface area contributed by atoms with Crippen LogP contribution in [0.1, 0.15) is 23.2 Å². The fourth-order valence-electron chi connectivity index (χ4n) is 2.64. The van der Waals surface area contributed by atoms with Crippen LogP contribution in [0.15, 0.2) is 65.5 Å². The first kappa shape index (κ1) is 20.3. The number of aromatic nitrogens is 2. The van der Waals surface area contributed by atoms with Crippen molar-refractivity contribution in [2.45, 2.75) is 12.8 Å². The van der Waals surface area contributed by atoms with Crippen molar-refractivity contribution in [2.75, 3.05) is 11.9 Å². The quantitative estimate of drug-likeness (QED) is 0.520. The molecule has 0 unspecified atom stereocenters. The molecule has 0 saturated heterocycles. The third-order valence-corrected chi connectivity index (χ3v) is 4.35. The van der Waals surface area contributed by atoms with Crippen LogP contribution in [-0.4, -0.2) is 28.6 Å². The molecule has 0 bridgehead atoms. The van der Waals surface area contributed by atoms with E-state index in [1.54, 1.807) is 48.5 Å². The standard InChI is InChI=1S/C21H19ClN4O3/c22-16-8-6-14(7-9-16)21(29)23-12-2-5-19(27)24-17-4-1-3-15(13-17)18-10-11-20(28)26-25-18/h1,3-4,6-11,13H,2,5,12H2,(H,23,29)(H,24,27)(H,26,28). The molecule has 0 aliphatic rings. The van der Waals surface area contributed by atoms with Gasteiger partial charge in [-0.3, -0.25) is 14.4 Å². The normalized spacial score (nSPS) is 10.4. The monoisotopic (exact) mass is 410 g/mol. The summed E-state index contributed by atoms with van der Waals surface area (Å²) in [4.78, 5) is 35.3. The van der Waals surface area contributed by atoms with E-state index in [-0.39, 0.29) is 23.8 Å². The summed E-state index contributed by atoms with van der Waals surface area (Å²) in [7, 11) is 0. The molecular formula is C21H19ClN4O3. The molecule has 3 rings (SSSR count). The van der Waals surface area contributed by atoms with E-state index in [9.17, 15) is 14.4 Å². The lowest BCUT2D eigenvalue weighted by Gasteiger charge is -2.08. The Morgan fingerprint density at radius 2 is 1.83 bits per heavy atom. The molecule has 0 fully saturated rings.